The van der Waals surface area contributed by atoms with Gasteiger partial charge in [-0.05, 0) is 33.3 Å². The number of aromatic nitrogens is 1. The molecule has 1 aromatic rings. The number of amides is 1. The number of hydrogen-bond donors (Lipinski definition) is 1. The van der Waals surface area contributed by atoms with Gasteiger partial charge in [-0.25, -0.2) is 4.98 Å². The van der Waals surface area contributed by atoms with Gasteiger partial charge in [0.15, 0.2) is 0 Å². The van der Waals surface area contributed by atoms with Gasteiger partial charge in [0.1, 0.15) is 5.69 Å². The van der Waals surface area contributed by atoms with E-state index in [0.717, 1.165) is 6.42 Å². The van der Waals surface area contributed by atoms with Crippen LogP contribution in [0.15, 0.2) is 18.2 Å². The zero-order chi connectivity index (χ0) is 12.8. The first-order chi connectivity index (χ1) is 8.02. The van der Waals surface area contributed by atoms with Crippen LogP contribution in [0.1, 0.15) is 46.0 Å². The zero-order valence-electron chi connectivity index (χ0n) is 10.9. The Hall–Kier alpha value is -1.58. The molecule has 0 radical (unpaired) electrons. The minimum absolute atomic E-state index is 0. The Bertz CT molecular complexity index is 383. The van der Waals surface area contributed by atoms with E-state index in [1.165, 1.54) is 0 Å². The van der Waals surface area contributed by atoms with Crippen molar-refractivity contribution < 1.29 is 11.0 Å². The van der Waals surface area contributed by atoms with Crippen molar-refractivity contribution in [3.63, 3.8) is 0 Å². The largest absolute Gasteiger partial charge is 0.475 e. The van der Waals surface area contributed by atoms with Gasteiger partial charge in [-0.1, -0.05) is 13.0 Å². The number of hydrogen-bond acceptors (Lipinski definition) is 3. The number of rotatable bonds is 5. The van der Waals surface area contributed by atoms with E-state index in [2.05, 4.69) is 10.3 Å². The molecule has 0 spiro atoms. The summed E-state index contributed by atoms with van der Waals surface area (Å²) in [6.45, 7) is 7.84. The van der Waals surface area contributed by atoms with Gasteiger partial charge in [-0.3, -0.25) is 4.79 Å². The molecule has 4 heteroatoms. The number of ether oxygens (including phenoxy) is 1. The van der Waals surface area contributed by atoms with Crippen LogP contribution in [0, 0.1) is 0 Å². The van der Waals surface area contributed by atoms with Crippen LogP contribution < -0.4 is 10.1 Å². The minimum atomic E-state index is -0.172. The predicted molar refractivity (Wildman–Crippen MR) is 69.3 cm³/mol. The molecule has 1 unspecified atom stereocenters. The molecule has 0 bridgehead atoms. The second kappa shape index (κ2) is 6.23. The topological polar surface area (TPSA) is 51.2 Å². The molecule has 0 saturated heterocycles. The van der Waals surface area contributed by atoms with Crippen LogP contribution in [0.3, 0.4) is 0 Å². The van der Waals surface area contributed by atoms with E-state index in [1.807, 2.05) is 27.7 Å². The van der Waals surface area contributed by atoms with E-state index in [-0.39, 0.29) is 19.5 Å². The van der Waals surface area contributed by atoms with Crippen LogP contribution >= 0.6 is 0 Å². The summed E-state index contributed by atoms with van der Waals surface area (Å²) in [5, 5.41) is 2.80. The highest BCUT2D eigenvalue weighted by molar-refractivity contribution is 5.92. The summed E-state index contributed by atoms with van der Waals surface area (Å²) >= 11 is 0. The van der Waals surface area contributed by atoms with Gasteiger partial charge in [-0.2, -0.15) is 0 Å². The number of nitrogens with zero attached hydrogens (tertiary/aromatic N) is 1. The molecule has 96 valence electrons. The molecule has 0 aromatic carbocycles. The summed E-state index contributed by atoms with van der Waals surface area (Å²) in [7, 11) is 0. The lowest BCUT2D eigenvalue weighted by atomic mass is 10.3. The molecule has 0 aliphatic heterocycles. The molecule has 4 nitrogen and oxygen atoms in total. The average molecular weight is 238 g/mol. The van der Waals surface area contributed by atoms with E-state index in [4.69, 9.17) is 4.74 Å². The highest BCUT2D eigenvalue weighted by Crippen LogP contribution is 2.11. The van der Waals surface area contributed by atoms with Crippen molar-refractivity contribution in [3.8, 4) is 5.88 Å². The van der Waals surface area contributed by atoms with Crippen molar-refractivity contribution in [2.24, 2.45) is 0 Å². The maximum Gasteiger partial charge on any atom is 0.270 e. The molecular weight excluding hydrogens is 216 g/mol. The summed E-state index contributed by atoms with van der Waals surface area (Å²) in [4.78, 5) is 15.9. The van der Waals surface area contributed by atoms with Gasteiger partial charge < -0.3 is 10.1 Å². The van der Waals surface area contributed by atoms with Crippen LogP contribution in [0.25, 0.3) is 0 Å². The summed E-state index contributed by atoms with van der Waals surface area (Å²) < 4.78 is 5.57. The minimum Gasteiger partial charge on any atom is -0.475 e. The van der Waals surface area contributed by atoms with Gasteiger partial charge in [0.2, 0.25) is 5.88 Å². The van der Waals surface area contributed by atoms with E-state index >= 15 is 0 Å². The third-order valence-corrected chi connectivity index (χ3v) is 2.27. The molecule has 1 heterocycles. The van der Waals surface area contributed by atoms with E-state index < -0.39 is 0 Å². The molecule has 17 heavy (non-hydrogen) atoms. The Balaban J connectivity index is 0.00000289. The van der Waals surface area contributed by atoms with Gasteiger partial charge in [0.25, 0.3) is 5.91 Å². The fourth-order valence-electron chi connectivity index (χ4n) is 1.23. The normalized spacial score (nSPS) is 12.3. The summed E-state index contributed by atoms with van der Waals surface area (Å²) in [5.74, 6) is 0.324. The van der Waals surface area contributed by atoms with Crippen LogP contribution in [0.5, 0.6) is 5.88 Å². The molecule has 0 fully saturated rings. The first-order valence-electron chi connectivity index (χ1n) is 5.97. The van der Waals surface area contributed by atoms with Crippen molar-refractivity contribution >= 4 is 5.91 Å². The number of carbonyl (C=O) groups is 1. The van der Waals surface area contributed by atoms with Crippen LogP contribution in [0.2, 0.25) is 0 Å². The number of nitrogens with one attached hydrogen (secondary N) is 1. The fourth-order valence-corrected chi connectivity index (χ4v) is 1.23. The monoisotopic (exact) mass is 238 g/mol. The molecule has 1 rings (SSSR count). The Morgan fingerprint density at radius 2 is 2.18 bits per heavy atom. The van der Waals surface area contributed by atoms with E-state index in [0.29, 0.717) is 11.6 Å². The highest BCUT2D eigenvalue weighted by Gasteiger charge is 2.10. The van der Waals surface area contributed by atoms with Gasteiger partial charge in [0, 0.05) is 13.5 Å². The quantitative estimate of drug-likeness (QED) is 0.858. The standard InChI is InChI=1S/C13H20N2O2.H2/c1-5-10(4)17-12-8-6-7-11(15-12)13(16)14-9(2)3;/h6-10H,5H2,1-4H3,(H,14,16);1H. The van der Waals surface area contributed by atoms with Gasteiger partial charge in [0.05, 0.1) is 6.10 Å². The molecule has 1 N–H and O–H groups in total. The lowest BCUT2D eigenvalue weighted by molar-refractivity contribution is 0.0936. The van der Waals surface area contributed by atoms with E-state index in [1.54, 1.807) is 18.2 Å². The summed E-state index contributed by atoms with van der Waals surface area (Å²) in [6, 6.07) is 5.32. The average Bonchev–Trinajstić information content (AvgIpc) is 2.28. The van der Waals surface area contributed by atoms with Crippen LogP contribution in [0.4, 0.5) is 0 Å². The van der Waals surface area contributed by atoms with Gasteiger partial charge in [-0.15, -0.1) is 0 Å². The lowest BCUT2D eigenvalue weighted by Crippen LogP contribution is -2.30. The first-order valence-corrected chi connectivity index (χ1v) is 5.97. The zero-order valence-corrected chi connectivity index (χ0v) is 10.9. The first kappa shape index (κ1) is 13.5. The summed E-state index contributed by atoms with van der Waals surface area (Å²) in [5.41, 5.74) is 0.388. The SMILES string of the molecule is CCC(C)Oc1cccc(C(=O)NC(C)C)n1.[HH]. The van der Waals surface area contributed by atoms with Crippen LogP contribution in [-0.4, -0.2) is 23.0 Å². The number of carbonyl (C=O) groups excluding carboxylic acids is 1. The molecule has 1 atom stereocenters. The third-order valence-electron chi connectivity index (χ3n) is 2.27. The molecule has 1 amide bonds. The third kappa shape index (κ3) is 4.43. The molecule has 1 aromatic heterocycles. The second-order valence-corrected chi connectivity index (χ2v) is 4.33. The van der Waals surface area contributed by atoms with Crippen molar-refractivity contribution in [3.05, 3.63) is 23.9 Å². The van der Waals surface area contributed by atoms with Crippen molar-refractivity contribution in [2.75, 3.05) is 0 Å². The highest BCUT2D eigenvalue weighted by atomic mass is 16.5. The second-order valence-electron chi connectivity index (χ2n) is 4.33. The predicted octanol–water partition coefficient (Wildman–Crippen LogP) is 2.64. The molecule has 0 aliphatic carbocycles. The Kier molecular flexibility index (Phi) is 4.94. The molecule has 0 aliphatic rings. The molecular formula is C13H22N2O2. The Labute approximate surface area is 104 Å². The Morgan fingerprint density at radius 3 is 2.76 bits per heavy atom. The van der Waals surface area contributed by atoms with Crippen molar-refractivity contribution in [2.45, 2.75) is 46.3 Å². The smallest absolute Gasteiger partial charge is 0.270 e. The van der Waals surface area contributed by atoms with Crippen molar-refractivity contribution in [1.29, 1.82) is 0 Å². The fraction of sp³-hybridized carbons (Fsp3) is 0.538. The van der Waals surface area contributed by atoms with E-state index in [9.17, 15) is 4.79 Å². The Morgan fingerprint density at radius 1 is 1.47 bits per heavy atom. The van der Waals surface area contributed by atoms with Crippen LogP contribution in [-0.2, 0) is 0 Å². The summed E-state index contributed by atoms with van der Waals surface area (Å²) in [6.07, 6.45) is 1.01. The molecule has 0 saturated carbocycles. The lowest BCUT2D eigenvalue weighted by Gasteiger charge is -2.12. The maximum absolute atomic E-state index is 11.7. The maximum atomic E-state index is 11.7. The van der Waals surface area contributed by atoms with Crippen molar-refractivity contribution in [1.82, 2.24) is 10.3 Å². The number of pyridine rings is 1. The van der Waals surface area contributed by atoms with Gasteiger partial charge >= 0.3 is 0 Å².